The van der Waals surface area contributed by atoms with Crippen molar-refractivity contribution in [3.63, 3.8) is 0 Å². The highest BCUT2D eigenvalue weighted by molar-refractivity contribution is 5.80. The van der Waals surface area contributed by atoms with Crippen LogP contribution in [0.2, 0.25) is 0 Å². The average Bonchev–Trinajstić information content (AvgIpc) is 2.46. The SMILES string of the molecule is CC(C)(C)OC(=O)NCCC=Cc1ccc2[nH]ccc(=O)c2c1. The lowest BCUT2D eigenvalue weighted by atomic mass is 10.1. The molecule has 2 rings (SSSR count). The molecule has 0 aliphatic rings. The number of fused-ring (bicyclic) bond motifs is 1. The molecule has 1 aromatic carbocycles. The number of aromatic amines is 1. The summed E-state index contributed by atoms with van der Waals surface area (Å²) < 4.78 is 5.15. The molecular weight excluding hydrogens is 292 g/mol. The minimum atomic E-state index is -0.488. The first-order valence-electron chi connectivity index (χ1n) is 7.60. The van der Waals surface area contributed by atoms with Gasteiger partial charge in [0.2, 0.25) is 0 Å². The molecule has 0 fully saturated rings. The number of aromatic nitrogens is 1. The number of benzene rings is 1. The molecule has 5 heteroatoms. The largest absolute Gasteiger partial charge is 0.444 e. The molecule has 0 unspecified atom stereocenters. The highest BCUT2D eigenvalue weighted by Crippen LogP contribution is 2.11. The van der Waals surface area contributed by atoms with Crippen molar-refractivity contribution in [1.29, 1.82) is 0 Å². The van der Waals surface area contributed by atoms with Gasteiger partial charge in [0, 0.05) is 29.7 Å². The first-order chi connectivity index (χ1) is 10.8. The molecule has 0 radical (unpaired) electrons. The Bertz CT molecular complexity index is 770. The molecule has 2 N–H and O–H groups in total. The quantitative estimate of drug-likeness (QED) is 0.849. The Balaban J connectivity index is 1.88. The lowest BCUT2D eigenvalue weighted by Crippen LogP contribution is -2.32. The molecule has 5 nitrogen and oxygen atoms in total. The summed E-state index contributed by atoms with van der Waals surface area (Å²) in [5, 5.41) is 3.36. The van der Waals surface area contributed by atoms with Crippen molar-refractivity contribution in [2.75, 3.05) is 6.54 Å². The summed E-state index contributed by atoms with van der Waals surface area (Å²) in [7, 11) is 0. The molecule has 1 amide bonds. The van der Waals surface area contributed by atoms with Crippen LogP contribution < -0.4 is 10.7 Å². The van der Waals surface area contributed by atoms with Gasteiger partial charge in [-0.1, -0.05) is 18.2 Å². The summed E-state index contributed by atoms with van der Waals surface area (Å²) in [4.78, 5) is 26.3. The lowest BCUT2D eigenvalue weighted by Gasteiger charge is -2.19. The second-order valence-corrected chi connectivity index (χ2v) is 6.27. The Labute approximate surface area is 135 Å². The van der Waals surface area contributed by atoms with Crippen molar-refractivity contribution in [1.82, 2.24) is 10.3 Å². The number of hydrogen-bond acceptors (Lipinski definition) is 3. The van der Waals surface area contributed by atoms with Gasteiger partial charge >= 0.3 is 6.09 Å². The minimum absolute atomic E-state index is 0.000549. The van der Waals surface area contributed by atoms with Crippen LogP contribution in [0, 0.1) is 0 Å². The topological polar surface area (TPSA) is 71.2 Å². The van der Waals surface area contributed by atoms with Crippen LogP contribution in [0.15, 0.2) is 41.3 Å². The standard InChI is InChI=1S/C18H22N2O3/c1-18(2,3)23-17(22)20-10-5-4-6-13-7-8-15-14(12-13)16(21)9-11-19-15/h4,6-9,11-12H,5,10H2,1-3H3,(H,19,21)(H,20,22). The Hall–Kier alpha value is -2.56. The molecule has 0 spiro atoms. The fraction of sp³-hybridized carbons (Fsp3) is 0.333. The van der Waals surface area contributed by atoms with Crippen LogP contribution in [0.5, 0.6) is 0 Å². The molecule has 0 atom stereocenters. The molecule has 122 valence electrons. The summed E-state index contributed by atoms with van der Waals surface area (Å²) in [5.41, 5.74) is 1.28. The zero-order chi connectivity index (χ0) is 16.9. The van der Waals surface area contributed by atoms with Gasteiger partial charge in [-0.2, -0.15) is 0 Å². The molecule has 1 heterocycles. The van der Waals surface area contributed by atoms with Crippen molar-refractivity contribution >= 4 is 23.1 Å². The summed E-state index contributed by atoms with van der Waals surface area (Å²) in [6.07, 6.45) is 5.80. The number of rotatable bonds is 4. The first-order valence-corrected chi connectivity index (χ1v) is 7.60. The van der Waals surface area contributed by atoms with Crippen molar-refractivity contribution in [2.45, 2.75) is 32.8 Å². The van der Waals surface area contributed by atoms with Crippen LogP contribution in [0.4, 0.5) is 4.79 Å². The summed E-state index contributed by atoms with van der Waals surface area (Å²) in [6, 6.07) is 7.19. The third kappa shape index (κ3) is 5.29. The van der Waals surface area contributed by atoms with Crippen LogP contribution in [-0.2, 0) is 4.74 Å². The average molecular weight is 314 g/mol. The van der Waals surface area contributed by atoms with Crippen LogP contribution in [-0.4, -0.2) is 23.2 Å². The van der Waals surface area contributed by atoms with E-state index in [2.05, 4.69) is 10.3 Å². The van der Waals surface area contributed by atoms with E-state index in [-0.39, 0.29) is 5.43 Å². The van der Waals surface area contributed by atoms with Crippen LogP contribution in [0.1, 0.15) is 32.8 Å². The van der Waals surface area contributed by atoms with Crippen molar-refractivity contribution in [3.8, 4) is 0 Å². The zero-order valence-electron chi connectivity index (χ0n) is 13.7. The van der Waals surface area contributed by atoms with Gasteiger partial charge in [0.15, 0.2) is 5.43 Å². The van der Waals surface area contributed by atoms with Gasteiger partial charge in [0.05, 0.1) is 0 Å². The summed E-state index contributed by atoms with van der Waals surface area (Å²) in [6.45, 7) is 5.98. The normalized spacial score (nSPS) is 11.8. The van der Waals surface area contributed by atoms with E-state index in [0.29, 0.717) is 18.4 Å². The van der Waals surface area contributed by atoms with E-state index in [0.717, 1.165) is 11.1 Å². The van der Waals surface area contributed by atoms with Gasteiger partial charge in [-0.25, -0.2) is 4.79 Å². The molecule has 0 saturated heterocycles. The molecule has 0 aliphatic heterocycles. The number of pyridine rings is 1. The number of alkyl carbamates (subject to hydrolysis) is 1. The Morgan fingerprint density at radius 2 is 2.09 bits per heavy atom. The number of hydrogen-bond donors (Lipinski definition) is 2. The van der Waals surface area contributed by atoms with Gasteiger partial charge in [-0.3, -0.25) is 4.79 Å². The Morgan fingerprint density at radius 3 is 2.83 bits per heavy atom. The fourth-order valence-electron chi connectivity index (χ4n) is 2.08. The number of H-pyrrole nitrogens is 1. The van der Waals surface area contributed by atoms with E-state index in [1.54, 1.807) is 6.20 Å². The van der Waals surface area contributed by atoms with Crippen molar-refractivity contribution < 1.29 is 9.53 Å². The van der Waals surface area contributed by atoms with E-state index >= 15 is 0 Å². The second kappa shape index (κ2) is 7.13. The maximum absolute atomic E-state index is 11.8. The van der Waals surface area contributed by atoms with E-state index in [1.807, 2.05) is 51.1 Å². The molecule has 0 bridgehead atoms. The van der Waals surface area contributed by atoms with Gasteiger partial charge in [0.25, 0.3) is 0 Å². The summed E-state index contributed by atoms with van der Waals surface area (Å²) in [5.74, 6) is 0. The maximum atomic E-state index is 11.8. The van der Waals surface area contributed by atoms with Gasteiger partial charge in [0.1, 0.15) is 5.60 Å². The third-order valence-electron chi connectivity index (χ3n) is 3.07. The van der Waals surface area contributed by atoms with Crippen LogP contribution in [0.25, 0.3) is 17.0 Å². The maximum Gasteiger partial charge on any atom is 0.407 e. The van der Waals surface area contributed by atoms with Gasteiger partial charge in [-0.15, -0.1) is 0 Å². The lowest BCUT2D eigenvalue weighted by molar-refractivity contribution is 0.0529. The number of carbonyl (C=O) groups excluding carboxylic acids is 1. The zero-order valence-corrected chi connectivity index (χ0v) is 13.7. The smallest absolute Gasteiger partial charge is 0.407 e. The fourth-order valence-corrected chi connectivity index (χ4v) is 2.08. The monoisotopic (exact) mass is 314 g/mol. The number of nitrogens with one attached hydrogen (secondary N) is 2. The summed E-state index contributed by atoms with van der Waals surface area (Å²) >= 11 is 0. The number of ether oxygens (including phenoxy) is 1. The first kappa shape index (κ1) is 16.8. The molecule has 0 saturated carbocycles. The Morgan fingerprint density at radius 1 is 1.30 bits per heavy atom. The Kier molecular flexibility index (Phi) is 5.21. The van der Waals surface area contributed by atoms with E-state index in [1.165, 1.54) is 6.07 Å². The number of carbonyl (C=O) groups is 1. The van der Waals surface area contributed by atoms with Crippen molar-refractivity contribution in [3.05, 3.63) is 52.3 Å². The number of amides is 1. The molecule has 2 aromatic rings. The van der Waals surface area contributed by atoms with E-state index < -0.39 is 11.7 Å². The minimum Gasteiger partial charge on any atom is -0.444 e. The molecule has 0 aliphatic carbocycles. The predicted molar refractivity (Wildman–Crippen MR) is 92.5 cm³/mol. The predicted octanol–water partition coefficient (Wildman–Crippen LogP) is 3.46. The third-order valence-corrected chi connectivity index (χ3v) is 3.07. The van der Waals surface area contributed by atoms with E-state index in [9.17, 15) is 9.59 Å². The van der Waals surface area contributed by atoms with Crippen molar-refractivity contribution in [2.24, 2.45) is 0 Å². The highest BCUT2D eigenvalue weighted by Gasteiger charge is 2.15. The molecule has 1 aromatic heterocycles. The molecular formula is C18H22N2O3. The van der Waals surface area contributed by atoms with Gasteiger partial charge < -0.3 is 15.0 Å². The van der Waals surface area contributed by atoms with Crippen LogP contribution in [0.3, 0.4) is 0 Å². The molecule has 23 heavy (non-hydrogen) atoms. The van der Waals surface area contributed by atoms with Crippen LogP contribution >= 0.6 is 0 Å². The second-order valence-electron chi connectivity index (χ2n) is 6.27. The highest BCUT2D eigenvalue weighted by atomic mass is 16.6. The van der Waals surface area contributed by atoms with E-state index in [4.69, 9.17) is 4.74 Å². The van der Waals surface area contributed by atoms with Gasteiger partial charge in [-0.05, 0) is 44.9 Å².